The van der Waals surface area contributed by atoms with Gasteiger partial charge in [0.25, 0.3) is 0 Å². The van der Waals surface area contributed by atoms with E-state index >= 15 is 0 Å². The van der Waals surface area contributed by atoms with Gasteiger partial charge < -0.3 is 34.3 Å². The van der Waals surface area contributed by atoms with Crippen LogP contribution in [0, 0.1) is 0 Å². The molecular formula is C55H90O12S. The van der Waals surface area contributed by atoms with Crippen LogP contribution in [0.3, 0.4) is 0 Å². The molecule has 6 atom stereocenters. The van der Waals surface area contributed by atoms with Gasteiger partial charge in [-0.25, -0.2) is 4.18 Å². The number of hydrogen-bond donors (Lipinski definition) is 4. The van der Waals surface area contributed by atoms with Crippen LogP contribution in [0.25, 0.3) is 0 Å². The maximum absolute atomic E-state index is 12.9. The number of ether oxygens (including phenoxy) is 4. The van der Waals surface area contributed by atoms with Crippen LogP contribution >= 0.6 is 0 Å². The van der Waals surface area contributed by atoms with Crippen molar-refractivity contribution in [2.24, 2.45) is 0 Å². The molecule has 0 amide bonds. The fourth-order valence-corrected chi connectivity index (χ4v) is 7.54. The molecule has 1 saturated heterocycles. The minimum Gasteiger partial charge on any atom is -0.457 e. The van der Waals surface area contributed by atoms with Crippen molar-refractivity contribution < 1.29 is 56.2 Å². The lowest BCUT2D eigenvalue weighted by atomic mass is 9.99. The zero-order valence-corrected chi connectivity index (χ0v) is 42.4. The molecule has 1 heterocycles. The molecule has 1 rings (SSSR count). The second kappa shape index (κ2) is 44.9. The molecule has 1 fully saturated rings. The Morgan fingerprint density at radius 2 is 1.01 bits per heavy atom. The molecule has 0 spiro atoms. The number of aliphatic hydroxyl groups excluding tert-OH is 3. The summed E-state index contributed by atoms with van der Waals surface area (Å²) < 4.78 is 59.2. The third-order valence-corrected chi connectivity index (χ3v) is 11.3. The summed E-state index contributed by atoms with van der Waals surface area (Å²) in [6.07, 6.45) is 54.0. The molecule has 0 bridgehead atoms. The first kappa shape index (κ1) is 62.8. The van der Waals surface area contributed by atoms with Crippen molar-refractivity contribution in [3.63, 3.8) is 0 Å². The molecule has 68 heavy (non-hydrogen) atoms. The van der Waals surface area contributed by atoms with Crippen LogP contribution in [0.4, 0.5) is 0 Å². The van der Waals surface area contributed by atoms with Gasteiger partial charge in [0.2, 0.25) is 0 Å². The third kappa shape index (κ3) is 37.6. The predicted octanol–water partition coefficient (Wildman–Crippen LogP) is 12.0. The van der Waals surface area contributed by atoms with Crippen LogP contribution in [0.5, 0.6) is 0 Å². The second-order valence-corrected chi connectivity index (χ2v) is 18.1. The SMILES string of the molecule is CC/C=C\C/C=C\C/C=C\C/C=C\C/C=C\C/C=C\CCCCC(=O)OC(COCCCCCCCCC/C=C\C/C=C\C/C=C\CCCCC)COC1OC(CO)C(O)C(OS(=O)(=O)O)C1O. The molecule has 0 aliphatic carbocycles. The Balaban J connectivity index is 2.43. The lowest BCUT2D eigenvalue weighted by Crippen LogP contribution is -2.60. The van der Waals surface area contributed by atoms with Crippen molar-refractivity contribution >= 4 is 16.4 Å². The lowest BCUT2D eigenvalue weighted by molar-refractivity contribution is -0.301. The molecule has 0 aromatic carbocycles. The Kier molecular flexibility index (Phi) is 41.5. The monoisotopic (exact) mass is 975 g/mol. The van der Waals surface area contributed by atoms with E-state index in [0.29, 0.717) is 13.0 Å². The van der Waals surface area contributed by atoms with E-state index in [9.17, 15) is 33.1 Å². The first-order chi connectivity index (χ1) is 33.1. The van der Waals surface area contributed by atoms with E-state index in [4.69, 9.17) is 18.9 Å². The van der Waals surface area contributed by atoms with E-state index in [0.717, 1.165) is 96.3 Å². The second-order valence-electron chi connectivity index (χ2n) is 17.0. The Morgan fingerprint density at radius 1 is 0.574 bits per heavy atom. The summed E-state index contributed by atoms with van der Waals surface area (Å²) >= 11 is 0. The average molecular weight is 975 g/mol. The summed E-state index contributed by atoms with van der Waals surface area (Å²) in [6, 6.07) is 0. The highest BCUT2D eigenvalue weighted by Crippen LogP contribution is 2.26. The zero-order chi connectivity index (χ0) is 49.6. The minimum absolute atomic E-state index is 0.00355. The van der Waals surface area contributed by atoms with Gasteiger partial charge in [0.15, 0.2) is 6.29 Å². The molecule has 4 N–H and O–H groups in total. The van der Waals surface area contributed by atoms with Crippen LogP contribution in [0.2, 0.25) is 0 Å². The summed E-state index contributed by atoms with van der Waals surface area (Å²) in [5, 5.41) is 30.8. The van der Waals surface area contributed by atoms with Gasteiger partial charge >= 0.3 is 16.4 Å². The van der Waals surface area contributed by atoms with Crippen LogP contribution in [-0.2, 0) is 38.3 Å². The molecule has 0 aromatic rings. The summed E-state index contributed by atoms with van der Waals surface area (Å²) in [4.78, 5) is 12.9. The fourth-order valence-electron chi connectivity index (χ4n) is 7.03. The Bertz CT molecular complexity index is 1590. The summed E-state index contributed by atoms with van der Waals surface area (Å²) in [7, 11) is -5.08. The Morgan fingerprint density at radius 3 is 1.49 bits per heavy atom. The molecule has 0 radical (unpaired) electrons. The highest BCUT2D eigenvalue weighted by molar-refractivity contribution is 7.80. The van der Waals surface area contributed by atoms with E-state index in [2.05, 4.69) is 127 Å². The Labute approximate surface area is 411 Å². The number of carbonyl (C=O) groups is 1. The number of hydrogen-bond acceptors (Lipinski definition) is 11. The van der Waals surface area contributed by atoms with Crippen molar-refractivity contribution in [1.82, 2.24) is 0 Å². The van der Waals surface area contributed by atoms with Crippen LogP contribution in [0.15, 0.2) is 109 Å². The standard InChI is InChI=1S/C55H90O12S/c1-3-5-7-9-11-13-15-17-19-21-23-25-26-28-30-32-34-36-38-40-42-44-51(57)65-49(48-64-55-53(59)54(67-68(60,61)62)52(58)50(46-56)66-55)47-63-45-43-41-39-37-35-33-31-29-27-24-22-20-18-16-14-12-10-8-6-4-2/h5,7,11-14,17-20,23-25,27-28,30,34,36,49-50,52-56,58-59H,3-4,6,8-10,15-16,21-22,26,29,31-33,35,37-48H2,1-2H3,(H,60,61,62)/b7-5-,13-11-,14-12-,19-17-,20-18-,25-23-,27-24-,30-28-,36-34-. The number of esters is 1. The van der Waals surface area contributed by atoms with Gasteiger partial charge in [-0.05, 0) is 103 Å². The highest BCUT2D eigenvalue weighted by atomic mass is 32.3. The van der Waals surface area contributed by atoms with Gasteiger partial charge in [0, 0.05) is 13.0 Å². The van der Waals surface area contributed by atoms with Crippen molar-refractivity contribution in [3.8, 4) is 0 Å². The van der Waals surface area contributed by atoms with Crippen LogP contribution < -0.4 is 0 Å². The fraction of sp³-hybridized carbons (Fsp3) is 0.655. The molecule has 13 heteroatoms. The van der Waals surface area contributed by atoms with Crippen LogP contribution in [-0.4, -0.2) is 97.5 Å². The van der Waals surface area contributed by atoms with E-state index in [-0.39, 0.29) is 19.6 Å². The lowest BCUT2D eigenvalue weighted by Gasteiger charge is -2.41. The molecular weight excluding hydrogens is 885 g/mol. The smallest absolute Gasteiger partial charge is 0.397 e. The van der Waals surface area contributed by atoms with E-state index in [1.807, 2.05) is 0 Å². The average Bonchev–Trinajstić information content (AvgIpc) is 3.31. The first-order valence-electron chi connectivity index (χ1n) is 25.6. The molecule has 1 aliphatic rings. The summed E-state index contributed by atoms with van der Waals surface area (Å²) in [5.41, 5.74) is 0. The normalized spacial score (nSPS) is 20.2. The zero-order valence-electron chi connectivity index (χ0n) is 41.6. The van der Waals surface area contributed by atoms with Crippen molar-refractivity contribution in [1.29, 1.82) is 0 Å². The van der Waals surface area contributed by atoms with E-state index in [1.54, 1.807) is 0 Å². The van der Waals surface area contributed by atoms with E-state index in [1.165, 1.54) is 44.9 Å². The molecule has 0 aromatic heterocycles. The third-order valence-electron chi connectivity index (χ3n) is 10.9. The van der Waals surface area contributed by atoms with Crippen molar-refractivity contribution in [2.75, 3.05) is 26.4 Å². The minimum atomic E-state index is -5.08. The van der Waals surface area contributed by atoms with Gasteiger partial charge in [0.05, 0.1) is 19.8 Å². The molecule has 1 aliphatic heterocycles. The quantitative estimate of drug-likeness (QED) is 0.0197. The van der Waals surface area contributed by atoms with E-state index < -0.39 is 59.8 Å². The predicted molar refractivity (Wildman–Crippen MR) is 275 cm³/mol. The highest BCUT2D eigenvalue weighted by Gasteiger charge is 2.48. The van der Waals surface area contributed by atoms with Gasteiger partial charge in [-0.3, -0.25) is 9.35 Å². The summed E-state index contributed by atoms with van der Waals surface area (Å²) in [5.74, 6) is -0.449. The number of unbranched alkanes of at least 4 members (excludes halogenated alkanes) is 12. The number of carbonyl (C=O) groups excluding carboxylic acids is 1. The van der Waals surface area contributed by atoms with Gasteiger partial charge in [-0.15, -0.1) is 0 Å². The molecule has 0 saturated carbocycles. The van der Waals surface area contributed by atoms with Gasteiger partial charge in [0.1, 0.15) is 30.5 Å². The van der Waals surface area contributed by atoms with Crippen molar-refractivity contribution in [2.45, 2.75) is 205 Å². The van der Waals surface area contributed by atoms with Gasteiger partial charge in [-0.2, -0.15) is 8.42 Å². The van der Waals surface area contributed by atoms with Crippen LogP contribution in [0.1, 0.15) is 168 Å². The van der Waals surface area contributed by atoms with Crippen molar-refractivity contribution in [3.05, 3.63) is 109 Å². The maximum atomic E-state index is 12.9. The molecule has 388 valence electrons. The first-order valence-corrected chi connectivity index (χ1v) is 27.0. The number of aliphatic hydroxyl groups is 3. The topological polar surface area (TPSA) is 178 Å². The van der Waals surface area contributed by atoms with Gasteiger partial charge in [-0.1, -0.05) is 168 Å². The summed E-state index contributed by atoms with van der Waals surface area (Å²) in [6.45, 7) is 3.75. The molecule has 12 nitrogen and oxygen atoms in total. The largest absolute Gasteiger partial charge is 0.457 e. The molecule has 6 unspecified atom stereocenters. The maximum Gasteiger partial charge on any atom is 0.397 e. The number of rotatable bonds is 43. The number of allylic oxidation sites excluding steroid dienone is 18. The Hall–Kier alpha value is -3.24.